The van der Waals surface area contributed by atoms with Crippen LogP contribution in [0.2, 0.25) is 10.0 Å². The Bertz CT molecular complexity index is 947. The monoisotopic (exact) mass is 372 g/mol. The van der Waals surface area contributed by atoms with Gasteiger partial charge in [0.15, 0.2) is 0 Å². The van der Waals surface area contributed by atoms with Crippen molar-refractivity contribution in [1.29, 1.82) is 0 Å². The van der Waals surface area contributed by atoms with Crippen LogP contribution in [0.5, 0.6) is 0 Å². The molecule has 0 radical (unpaired) electrons. The Morgan fingerprint density at radius 2 is 1.75 bits per heavy atom. The molecule has 1 amide bonds. The number of carbonyl (C=O) groups excluding carboxylic acids is 1. The summed E-state index contributed by atoms with van der Waals surface area (Å²) in [5.74, 6) is -0.161. The molecule has 0 N–H and O–H groups in total. The van der Waals surface area contributed by atoms with Gasteiger partial charge in [-0.05, 0) is 35.7 Å². The van der Waals surface area contributed by atoms with Crippen LogP contribution in [0.15, 0.2) is 64.3 Å². The molecule has 0 saturated carbocycles. The molecule has 0 spiro atoms. The van der Waals surface area contributed by atoms with E-state index in [1.807, 2.05) is 41.1 Å². The Balaban J connectivity index is 1.87. The number of nitrogens with zero attached hydrogens (tertiary/aromatic N) is 2. The van der Waals surface area contributed by atoms with E-state index in [1.54, 1.807) is 34.4 Å². The van der Waals surface area contributed by atoms with Crippen LogP contribution in [0.1, 0.15) is 5.56 Å². The molecular formula is C18H10Cl2N2OS. The molecule has 1 aromatic heterocycles. The molecule has 0 atom stereocenters. The molecule has 2 heterocycles. The first-order chi connectivity index (χ1) is 11.6. The van der Waals surface area contributed by atoms with Crippen LogP contribution in [0.25, 0.3) is 0 Å². The Morgan fingerprint density at radius 3 is 2.46 bits per heavy atom. The van der Waals surface area contributed by atoms with Gasteiger partial charge in [0.1, 0.15) is 5.71 Å². The van der Waals surface area contributed by atoms with E-state index in [9.17, 15) is 4.79 Å². The van der Waals surface area contributed by atoms with E-state index in [4.69, 9.17) is 23.2 Å². The van der Waals surface area contributed by atoms with Crippen LogP contribution in [0.3, 0.4) is 0 Å². The molecule has 0 fully saturated rings. The zero-order chi connectivity index (χ0) is 16.7. The van der Waals surface area contributed by atoms with Crippen molar-refractivity contribution < 1.29 is 4.79 Å². The summed E-state index contributed by atoms with van der Waals surface area (Å²) in [7, 11) is 0. The number of anilines is 2. The first-order valence-corrected chi connectivity index (χ1v) is 8.84. The zero-order valence-corrected chi connectivity index (χ0v) is 14.6. The van der Waals surface area contributed by atoms with E-state index >= 15 is 0 Å². The molecular weight excluding hydrogens is 363 g/mol. The van der Waals surface area contributed by atoms with Gasteiger partial charge < -0.3 is 0 Å². The van der Waals surface area contributed by atoms with Crippen molar-refractivity contribution in [2.45, 2.75) is 0 Å². The van der Waals surface area contributed by atoms with Gasteiger partial charge in [0.2, 0.25) is 0 Å². The van der Waals surface area contributed by atoms with Crippen molar-refractivity contribution in [3.8, 4) is 0 Å². The van der Waals surface area contributed by atoms with Gasteiger partial charge >= 0.3 is 0 Å². The van der Waals surface area contributed by atoms with Crippen molar-refractivity contribution in [3.63, 3.8) is 0 Å². The second-order valence-corrected chi connectivity index (χ2v) is 6.88. The van der Waals surface area contributed by atoms with Crippen LogP contribution in [0.4, 0.5) is 17.1 Å². The summed E-state index contributed by atoms with van der Waals surface area (Å²) in [5.41, 5.74) is 3.40. The highest BCUT2D eigenvalue weighted by Crippen LogP contribution is 2.37. The molecule has 1 aliphatic heterocycles. The topological polar surface area (TPSA) is 32.7 Å². The van der Waals surface area contributed by atoms with Crippen molar-refractivity contribution in [2.75, 3.05) is 4.90 Å². The highest BCUT2D eigenvalue weighted by Gasteiger charge is 2.34. The predicted octanol–water partition coefficient (Wildman–Crippen LogP) is 5.85. The lowest BCUT2D eigenvalue weighted by atomic mass is 10.1. The third-order valence-corrected chi connectivity index (χ3v) is 4.77. The third kappa shape index (κ3) is 2.63. The number of hydrogen-bond donors (Lipinski definition) is 0. The molecule has 118 valence electrons. The second-order valence-electron chi connectivity index (χ2n) is 5.23. The molecule has 24 heavy (non-hydrogen) atoms. The van der Waals surface area contributed by atoms with Crippen molar-refractivity contribution >= 4 is 63.2 Å². The predicted molar refractivity (Wildman–Crippen MR) is 101 cm³/mol. The number of benzene rings is 2. The number of halogens is 2. The van der Waals surface area contributed by atoms with Crippen molar-refractivity contribution in [2.24, 2.45) is 4.99 Å². The van der Waals surface area contributed by atoms with Gasteiger partial charge in [-0.1, -0.05) is 41.4 Å². The fourth-order valence-corrected chi connectivity index (χ4v) is 3.82. The first-order valence-electron chi connectivity index (χ1n) is 7.14. The normalized spacial score (nSPS) is 15.2. The molecule has 3 aromatic rings. The van der Waals surface area contributed by atoms with Gasteiger partial charge in [-0.2, -0.15) is 11.3 Å². The number of carbonyl (C=O) groups is 1. The number of para-hydroxylation sites is 1. The van der Waals surface area contributed by atoms with E-state index in [0.29, 0.717) is 21.4 Å². The minimum atomic E-state index is -0.161. The van der Waals surface area contributed by atoms with Crippen molar-refractivity contribution in [3.05, 3.63) is 74.9 Å². The fraction of sp³-hybridized carbons (Fsp3) is 0. The SMILES string of the molecule is O=C1/C(=N\c2cc(Cl)cc(Cl)c2)c2ccccc2N1c1ccsc1. The van der Waals surface area contributed by atoms with Crippen LogP contribution >= 0.6 is 34.5 Å². The van der Waals surface area contributed by atoms with Crippen LogP contribution < -0.4 is 4.90 Å². The maximum absolute atomic E-state index is 13.0. The molecule has 0 saturated heterocycles. The van der Waals surface area contributed by atoms with Gasteiger partial charge in [0, 0.05) is 21.0 Å². The lowest BCUT2D eigenvalue weighted by Crippen LogP contribution is -2.24. The largest absolute Gasteiger partial charge is 0.282 e. The molecule has 1 aliphatic rings. The molecule has 6 heteroatoms. The summed E-state index contributed by atoms with van der Waals surface area (Å²) in [6.07, 6.45) is 0. The summed E-state index contributed by atoms with van der Waals surface area (Å²) in [5, 5.41) is 4.84. The minimum Gasteiger partial charge on any atom is -0.274 e. The van der Waals surface area contributed by atoms with E-state index in [0.717, 1.165) is 16.9 Å². The van der Waals surface area contributed by atoms with Gasteiger partial charge in [-0.15, -0.1) is 0 Å². The van der Waals surface area contributed by atoms with Crippen LogP contribution in [-0.2, 0) is 4.79 Å². The zero-order valence-electron chi connectivity index (χ0n) is 12.2. The maximum atomic E-state index is 13.0. The summed E-state index contributed by atoms with van der Waals surface area (Å²) < 4.78 is 0. The van der Waals surface area contributed by atoms with Crippen LogP contribution in [-0.4, -0.2) is 11.6 Å². The third-order valence-electron chi connectivity index (χ3n) is 3.66. The van der Waals surface area contributed by atoms with Gasteiger partial charge in [0.25, 0.3) is 5.91 Å². The fourth-order valence-electron chi connectivity index (χ4n) is 2.68. The molecule has 3 nitrogen and oxygen atoms in total. The number of fused-ring (bicyclic) bond motifs is 1. The van der Waals surface area contributed by atoms with Gasteiger partial charge in [-0.3, -0.25) is 9.69 Å². The Morgan fingerprint density at radius 1 is 1.00 bits per heavy atom. The molecule has 4 rings (SSSR count). The molecule has 0 unspecified atom stereocenters. The average Bonchev–Trinajstić information content (AvgIpc) is 3.14. The standard InChI is InChI=1S/C18H10Cl2N2OS/c19-11-7-12(20)9-13(8-11)21-17-15-3-1-2-4-16(15)22(18(17)23)14-5-6-24-10-14/h1-10H/b21-17-. The number of rotatable bonds is 2. The maximum Gasteiger partial charge on any atom is 0.282 e. The second kappa shape index (κ2) is 6.06. The quantitative estimate of drug-likeness (QED) is 0.554. The molecule has 0 bridgehead atoms. The summed E-state index contributed by atoms with van der Waals surface area (Å²) >= 11 is 13.6. The minimum absolute atomic E-state index is 0.161. The summed E-state index contributed by atoms with van der Waals surface area (Å²) in [4.78, 5) is 19.2. The van der Waals surface area contributed by atoms with Crippen LogP contribution in [0, 0.1) is 0 Å². The first kappa shape index (κ1) is 15.4. The van der Waals surface area contributed by atoms with E-state index < -0.39 is 0 Å². The lowest BCUT2D eigenvalue weighted by molar-refractivity contribution is -0.111. The lowest BCUT2D eigenvalue weighted by Gasteiger charge is -2.14. The number of aliphatic imine (C=N–C) groups is 1. The Hall–Kier alpha value is -2.14. The van der Waals surface area contributed by atoms with E-state index in [2.05, 4.69) is 4.99 Å². The molecule has 0 aliphatic carbocycles. The van der Waals surface area contributed by atoms with Crippen molar-refractivity contribution in [1.82, 2.24) is 0 Å². The molecule has 2 aromatic carbocycles. The van der Waals surface area contributed by atoms with Gasteiger partial charge in [0.05, 0.1) is 17.1 Å². The number of hydrogen-bond acceptors (Lipinski definition) is 3. The van der Waals surface area contributed by atoms with Gasteiger partial charge in [-0.25, -0.2) is 4.99 Å². The number of thiophene rings is 1. The Labute approximate surface area is 152 Å². The highest BCUT2D eigenvalue weighted by atomic mass is 35.5. The highest BCUT2D eigenvalue weighted by molar-refractivity contribution is 7.08. The summed E-state index contributed by atoms with van der Waals surface area (Å²) in [6.45, 7) is 0. The Kier molecular flexibility index (Phi) is 3.88. The van der Waals surface area contributed by atoms with E-state index in [-0.39, 0.29) is 5.91 Å². The smallest absolute Gasteiger partial charge is 0.274 e. The van der Waals surface area contributed by atoms with E-state index in [1.165, 1.54) is 0 Å². The summed E-state index contributed by atoms with van der Waals surface area (Å²) in [6, 6.07) is 14.5. The number of amides is 1. The average molecular weight is 373 g/mol.